The van der Waals surface area contributed by atoms with E-state index in [-0.39, 0.29) is 12.5 Å². The van der Waals surface area contributed by atoms with Crippen molar-refractivity contribution >= 4 is 11.9 Å². The summed E-state index contributed by atoms with van der Waals surface area (Å²) in [5, 5.41) is 11.0. The Morgan fingerprint density at radius 1 is 1.35 bits per heavy atom. The number of aliphatic carboxylic acids is 1. The van der Waals surface area contributed by atoms with Crippen molar-refractivity contribution in [3.63, 3.8) is 0 Å². The molecule has 1 aromatic rings. The normalized spacial score (nSPS) is 15.1. The lowest BCUT2D eigenvalue weighted by Gasteiger charge is -2.15. The van der Waals surface area contributed by atoms with Crippen LogP contribution in [0.4, 0.5) is 0 Å². The van der Waals surface area contributed by atoms with Gasteiger partial charge < -0.3 is 15.2 Å². The monoisotopic (exact) mass is 277 g/mol. The van der Waals surface area contributed by atoms with E-state index in [1.54, 1.807) is 19.2 Å². The summed E-state index contributed by atoms with van der Waals surface area (Å²) in [6, 6.07) is 5.27. The van der Waals surface area contributed by atoms with Gasteiger partial charge in [0.05, 0.1) is 7.11 Å². The third kappa shape index (κ3) is 3.29. The molecule has 0 bridgehead atoms. The minimum absolute atomic E-state index is 0.366. The highest BCUT2D eigenvalue weighted by atomic mass is 16.5. The van der Waals surface area contributed by atoms with Gasteiger partial charge >= 0.3 is 5.97 Å². The Bertz CT molecular complexity index is 507. The molecule has 1 fully saturated rings. The number of carboxylic acids is 1. The van der Waals surface area contributed by atoms with E-state index in [0.717, 1.165) is 24.2 Å². The maximum Gasteiger partial charge on any atom is 0.322 e. The van der Waals surface area contributed by atoms with Crippen molar-refractivity contribution in [1.82, 2.24) is 5.32 Å². The summed E-state index contributed by atoms with van der Waals surface area (Å²) in [5.41, 5.74) is 1.53. The second-order valence-corrected chi connectivity index (χ2v) is 5.01. The van der Waals surface area contributed by atoms with Crippen LogP contribution in [-0.2, 0) is 4.79 Å². The Balaban J connectivity index is 2.20. The molecule has 0 radical (unpaired) electrons. The first-order valence-electron chi connectivity index (χ1n) is 6.79. The van der Waals surface area contributed by atoms with E-state index >= 15 is 0 Å². The number of carbonyl (C=O) groups is 2. The third-order valence-electron chi connectivity index (χ3n) is 3.69. The number of methoxy groups -OCH3 is 1. The Hall–Kier alpha value is -2.04. The summed E-state index contributed by atoms with van der Waals surface area (Å²) in [6.07, 6.45) is 4.61. The van der Waals surface area contributed by atoms with Gasteiger partial charge in [-0.05, 0) is 42.5 Å². The second-order valence-electron chi connectivity index (χ2n) is 5.01. The summed E-state index contributed by atoms with van der Waals surface area (Å²) < 4.78 is 5.36. The molecule has 20 heavy (non-hydrogen) atoms. The van der Waals surface area contributed by atoms with E-state index in [4.69, 9.17) is 9.84 Å². The van der Waals surface area contributed by atoms with Gasteiger partial charge in [-0.15, -0.1) is 0 Å². The molecule has 0 atom stereocenters. The van der Waals surface area contributed by atoms with Gasteiger partial charge in [0, 0.05) is 5.56 Å². The minimum Gasteiger partial charge on any atom is -0.496 e. The predicted octanol–water partition coefficient (Wildman–Crippen LogP) is 2.17. The molecule has 1 aromatic carbocycles. The molecular weight excluding hydrogens is 258 g/mol. The second kappa shape index (κ2) is 6.41. The number of rotatable bonds is 5. The van der Waals surface area contributed by atoms with E-state index in [9.17, 15) is 9.59 Å². The molecule has 0 saturated heterocycles. The van der Waals surface area contributed by atoms with E-state index in [2.05, 4.69) is 5.32 Å². The fraction of sp³-hybridized carbons (Fsp3) is 0.467. The van der Waals surface area contributed by atoms with Crippen molar-refractivity contribution in [2.24, 2.45) is 0 Å². The molecule has 108 valence electrons. The van der Waals surface area contributed by atoms with Crippen LogP contribution < -0.4 is 10.1 Å². The van der Waals surface area contributed by atoms with Crippen LogP contribution in [0.2, 0.25) is 0 Å². The van der Waals surface area contributed by atoms with Crippen LogP contribution in [-0.4, -0.2) is 30.6 Å². The molecule has 1 amide bonds. The van der Waals surface area contributed by atoms with Crippen molar-refractivity contribution in [3.8, 4) is 5.75 Å². The molecular formula is C15H19NO4. The summed E-state index contributed by atoms with van der Waals surface area (Å²) in [7, 11) is 1.62. The largest absolute Gasteiger partial charge is 0.496 e. The van der Waals surface area contributed by atoms with Crippen LogP contribution in [0.1, 0.15) is 47.5 Å². The molecule has 1 aliphatic carbocycles. The number of hydrogen-bond donors (Lipinski definition) is 2. The Morgan fingerprint density at radius 2 is 2.05 bits per heavy atom. The van der Waals surface area contributed by atoms with Crippen LogP contribution >= 0.6 is 0 Å². The van der Waals surface area contributed by atoms with E-state index in [1.165, 1.54) is 12.8 Å². The fourth-order valence-corrected chi connectivity index (χ4v) is 2.69. The summed E-state index contributed by atoms with van der Waals surface area (Å²) in [4.78, 5) is 22.4. The van der Waals surface area contributed by atoms with Crippen LogP contribution in [0.5, 0.6) is 5.75 Å². The molecule has 0 unspecified atom stereocenters. The van der Waals surface area contributed by atoms with Crippen LogP contribution in [0, 0.1) is 0 Å². The first-order chi connectivity index (χ1) is 9.61. The van der Waals surface area contributed by atoms with Crippen molar-refractivity contribution in [3.05, 3.63) is 29.3 Å². The molecule has 5 heteroatoms. The van der Waals surface area contributed by atoms with Crippen LogP contribution in [0.3, 0.4) is 0 Å². The zero-order valence-electron chi connectivity index (χ0n) is 11.5. The number of ether oxygens (including phenoxy) is 1. The van der Waals surface area contributed by atoms with Crippen molar-refractivity contribution in [2.75, 3.05) is 13.7 Å². The number of hydrogen-bond acceptors (Lipinski definition) is 3. The Morgan fingerprint density at radius 3 is 2.65 bits per heavy atom. The maximum atomic E-state index is 11.9. The molecule has 2 N–H and O–H groups in total. The molecule has 0 aliphatic heterocycles. The Labute approximate surface area is 117 Å². The standard InChI is InChI=1S/C15H19NO4/c1-20-13-7-6-11(15(19)16-9-14(17)18)8-12(13)10-4-2-3-5-10/h6-8,10H,2-5,9H2,1H3,(H,16,19)(H,17,18). The zero-order valence-corrected chi connectivity index (χ0v) is 11.5. The SMILES string of the molecule is COc1ccc(C(=O)NCC(=O)O)cc1C1CCCC1. The summed E-state index contributed by atoms with van der Waals surface area (Å²) >= 11 is 0. The molecule has 0 aromatic heterocycles. The van der Waals surface area contributed by atoms with Gasteiger partial charge in [0.2, 0.25) is 0 Å². The van der Waals surface area contributed by atoms with E-state index < -0.39 is 5.97 Å². The van der Waals surface area contributed by atoms with Gasteiger partial charge in [0.25, 0.3) is 5.91 Å². The van der Waals surface area contributed by atoms with E-state index in [1.807, 2.05) is 6.07 Å². The van der Waals surface area contributed by atoms with Crippen molar-refractivity contribution in [2.45, 2.75) is 31.6 Å². The van der Waals surface area contributed by atoms with Gasteiger partial charge in [0.1, 0.15) is 12.3 Å². The fourth-order valence-electron chi connectivity index (χ4n) is 2.69. The lowest BCUT2D eigenvalue weighted by atomic mass is 9.94. The van der Waals surface area contributed by atoms with Gasteiger partial charge in [-0.1, -0.05) is 12.8 Å². The number of nitrogens with one attached hydrogen (secondary N) is 1. The highest BCUT2D eigenvalue weighted by Crippen LogP contribution is 2.39. The zero-order chi connectivity index (χ0) is 14.5. The van der Waals surface area contributed by atoms with E-state index in [0.29, 0.717) is 11.5 Å². The molecule has 5 nitrogen and oxygen atoms in total. The van der Waals surface area contributed by atoms with Crippen LogP contribution in [0.15, 0.2) is 18.2 Å². The maximum absolute atomic E-state index is 11.9. The average molecular weight is 277 g/mol. The summed E-state index contributed by atoms with van der Waals surface area (Å²) in [6.45, 7) is -0.371. The quantitative estimate of drug-likeness (QED) is 0.864. The molecule has 2 rings (SSSR count). The average Bonchev–Trinajstić information content (AvgIpc) is 2.98. The minimum atomic E-state index is -1.05. The molecule has 0 heterocycles. The predicted molar refractivity (Wildman–Crippen MR) is 74.2 cm³/mol. The van der Waals surface area contributed by atoms with Crippen LogP contribution in [0.25, 0.3) is 0 Å². The Kier molecular flexibility index (Phi) is 4.61. The molecule has 1 aliphatic rings. The first kappa shape index (κ1) is 14.4. The third-order valence-corrected chi connectivity index (χ3v) is 3.69. The lowest BCUT2D eigenvalue weighted by molar-refractivity contribution is -0.135. The number of carboxylic acid groups (broad SMARTS) is 1. The van der Waals surface area contributed by atoms with Crippen molar-refractivity contribution in [1.29, 1.82) is 0 Å². The first-order valence-corrected chi connectivity index (χ1v) is 6.79. The van der Waals surface area contributed by atoms with Crippen molar-refractivity contribution < 1.29 is 19.4 Å². The van der Waals surface area contributed by atoms with Gasteiger partial charge in [-0.25, -0.2) is 0 Å². The van der Waals surface area contributed by atoms with Gasteiger partial charge in [-0.2, -0.15) is 0 Å². The highest BCUT2D eigenvalue weighted by Gasteiger charge is 2.22. The number of benzene rings is 1. The lowest BCUT2D eigenvalue weighted by Crippen LogP contribution is -2.29. The highest BCUT2D eigenvalue weighted by molar-refractivity contribution is 5.96. The number of carbonyl (C=O) groups excluding carboxylic acids is 1. The summed E-state index contributed by atoms with van der Waals surface area (Å²) in [5.74, 6) is -0.193. The van der Waals surface area contributed by atoms with Gasteiger partial charge in [-0.3, -0.25) is 9.59 Å². The van der Waals surface area contributed by atoms with Gasteiger partial charge in [0.15, 0.2) is 0 Å². The topological polar surface area (TPSA) is 75.6 Å². The smallest absolute Gasteiger partial charge is 0.322 e. The molecule has 1 saturated carbocycles. The molecule has 0 spiro atoms. The number of amides is 1.